The maximum Gasteiger partial charge on any atom is 0.170 e. The molecule has 0 aliphatic carbocycles. The maximum atomic E-state index is 8.75. The predicted octanol–water partition coefficient (Wildman–Crippen LogP) is 3.13. The summed E-state index contributed by atoms with van der Waals surface area (Å²) in [5, 5.41) is 13.1. The van der Waals surface area contributed by atoms with Gasteiger partial charge in [-0.3, -0.25) is 0 Å². The van der Waals surface area contributed by atoms with Crippen molar-refractivity contribution < 1.29 is 9.94 Å². The molecule has 0 unspecified atom stereocenters. The summed E-state index contributed by atoms with van der Waals surface area (Å²) >= 11 is 7.57. The number of oxime groups is 1. The van der Waals surface area contributed by atoms with Crippen LogP contribution in [0.1, 0.15) is 11.1 Å². The lowest BCUT2D eigenvalue weighted by molar-refractivity contribution is 0.318. The van der Waals surface area contributed by atoms with E-state index in [1.165, 1.54) is 11.8 Å². The van der Waals surface area contributed by atoms with E-state index < -0.39 is 0 Å². The van der Waals surface area contributed by atoms with Gasteiger partial charge in [0.05, 0.1) is 12.1 Å². The summed E-state index contributed by atoms with van der Waals surface area (Å²) in [6.45, 7) is 0. The average Bonchev–Trinajstić information content (AvgIpc) is 2.53. The Hall–Kier alpha value is -1.92. The minimum Gasteiger partial charge on any atom is -0.496 e. The lowest BCUT2D eigenvalue weighted by atomic mass is 10.1. The quantitative estimate of drug-likeness (QED) is 0.290. The molecule has 0 aliphatic rings. The maximum absolute atomic E-state index is 8.75. The predicted molar refractivity (Wildman–Crippen MR) is 84.3 cm³/mol. The van der Waals surface area contributed by atoms with Gasteiger partial charge in [-0.2, -0.15) is 0 Å². The highest BCUT2D eigenvalue weighted by atomic mass is 35.5. The number of halogens is 1. The molecule has 0 spiro atoms. The number of methoxy groups -OCH3 is 1. The number of ether oxygens (including phenoxy) is 1. The fourth-order valence-electron chi connectivity index (χ4n) is 1.73. The molecule has 0 amide bonds. The standard InChI is InChI=1S/C14H14ClN3O2S/c1-20-12-5-4-9(13(16)18-19)7-10(12)8-21-14-11(15)3-2-6-17-14/h2-7,19H,8H2,1H3,(H2,16,18). The first-order valence-corrected chi connectivity index (χ1v) is 7.40. The molecule has 110 valence electrons. The molecule has 0 atom stereocenters. The zero-order valence-corrected chi connectivity index (χ0v) is 12.9. The Kier molecular flexibility index (Phi) is 5.30. The molecule has 0 bridgehead atoms. The van der Waals surface area contributed by atoms with Crippen molar-refractivity contribution in [3.8, 4) is 5.75 Å². The van der Waals surface area contributed by atoms with E-state index >= 15 is 0 Å². The summed E-state index contributed by atoms with van der Waals surface area (Å²) in [4.78, 5) is 4.22. The van der Waals surface area contributed by atoms with Crippen LogP contribution in [0.5, 0.6) is 5.75 Å². The van der Waals surface area contributed by atoms with Gasteiger partial charge in [-0.1, -0.05) is 16.8 Å². The Balaban J connectivity index is 2.24. The average molecular weight is 324 g/mol. The SMILES string of the molecule is COc1ccc(/C(N)=N/O)cc1CSc1ncccc1Cl. The second-order valence-corrected chi connectivity index (χ2v) is 5.46. The fraction of sp³-hybridized carbons (Fsp3) is 0.143. The number of rotatable bonds is 5. The first-order valence-electron chi connectivity index (χ1n) is 6.04. The summed E-state index contributed by atoms with van der Waals surface area (Å²) < 4.78 is 5.32. The molecule has 0 saturated heterocycles. The topological polar surface area (TPSA) is 80.7 Å². The van der Waals surface area contributed by atoms with Gasteiger partial charge >= 0.3 is 0 Å². The molecule has 1 aromatic heterocycles. The van der Waals surface area contributed by atoms with Crippen molar-refractivity contribution >= 4 is 29.2 Å². The molecule has 0 saturated carbocycles. The molecular weight excluding hydrogens is 310 g/mol. The number of pyridine rings is 1. The van der Waals surface area contributed by atoms with Gasteiger partial charge in [-0.25, -0.2) is 4.98 Å². The minimum absolute atomic E-state index is 0.0553. The number of aromatic nitrogens is 1. The van der Waals surface area contributed by atoms with Crippen LogP contribution in [-0.4, -0.2) is 23.1 Å². The summed E-state index contributed by atoms with van der Waals surface area (Å²) in [7, 11) is 1.60. The first kappa shape index (κ1) is 15.5. The molecule has 0 aliphatic heterocycles. The van der Waals surface area contributed by atoms with Gasteiger partial charge in [0, 0.05) is 23.1 Å². The number of benzene rings is 1. The van der Waals surface area contributed by atoms with Crippen molar-refractivity contribution in [2.24, 2.45) is 10.9 Å². The Morgan fingerprint density at radius 2 is 2.29 bits per heavy atom. The van der Waals surface area contributed by atoms with Crippen LogP contribution in [0.15, 0.2) is 46.7 Å². The van der Waals surface area contributed by atoms with Gasteiger partial charge in [0.2, 0.25) is 0 Å². The van der Waals surface area contributed by atoms with E-state index in [9.17, 15) is 0 Å². The molecule has 2 rings (SSSR count). The van der Waals surface area contributed by atoms with E-state index in [4.69, 9.17) is 27.3 Å². The van der Waals surface area contributed by atoms with Crippen LogP contribution in [-0.2, 0) is 5.75 Å². The van der Waals surface area contributed by atoms with Crippen LogP contribution in [0, 0.1) is 0 Å². The highest BCUT2D eigenvalue weighted by Gasteiger charge is 2.09. The van der Waals surface area contributed by atoms with Crippen molar-refractivity contribution in [3.05, 3.63) is 52.7 Å². The van der Waals surface area contributed by atoms with Crippen LogP contribution in [0.4, 0.5) is 0 Å². The molecule has 0 fully saturated rings. The van der Waals surface area contributed by atoms with Crippen molar-refractivity contribution in [2.75, 3.05) is 7.11 Å². The fourth-order valence-corrected chi connectivity index (χ4v) is 2.88. The lowest BCUT2D eigenvalue weighted by Gasteiger charge is -2.10. The van der Waals surface area contributed by atoms with E-state index in [0.29, 0.717) is 16.3 Å². The van der Waals surface area contributed by atoms with Crippen LogP contribution < -0.4 is 10.5 Å². The Morgan fingerprint density at radius 3 is 2.95 bits per heavy atom. The first-order chi connectivity index (χ1) is 10.2. The zero-order chi connectivity index (χ0) is 15.2. The molecule has 1 heterocycles. The molecule has 0 radical (unpaired) electrons. The number of thioether (sulfide) groups is 1. The molecule has 7 heteroatoms. The Bertz CT molecular complexity index is 664. The normalized spacial score (nSPS) is 11.4. The van der Waals surface area contributed by atoms with E-state index in [-0.39, 0.29) is 5.84 Å². The molecule has 2 aromatic rings. The van der Waals surface area contributed by atoms with Crippen LogP contribution in [0.2, 0.25) is 5.02 Å². The largest absolute Gasteiger partial charge is 0.496 e. The third kappa shape index (κ3) is 3.80. The highest BCUT2D eigenvalue weighted by Crippen LogP contribution is 2.31. The van der Waals surface area contributed by atoms with Crippen LogP contribution >= 0.6 is 23.4 Å². The second kappa shape index (κ2) is 7.19. The molecular formula is C14H14ClN3O2S. The molecule has 1 aromatic carbocycles. The van der Waals surface area contributed by atoms with Crippen molar-refractivity contribution in [3.63, 3.8) is 0 Å². The van der Waals surface area contributed by atoms with Gasteiger partial charge in [-0.15, -0.1) is 11.8 Å². The smallest absolute Gasteiger partial charge is 0.170 e. The number of hydrogen-bond acceptors (Lipinski definition) is 5. The van der Waals surface area contributed by atoms with Crippen molar-refractivity contribution in [1.82, 2.24) is 4.98 Å². The monoisotopic (exact) mass is 323 g/mol. The number of nitrogens with zero attached hydrogens (tertiary/aromatic N) is 2. The van der Waals surface area contributed by atoms with Crippen molar-refractivity contribution in [2.45, 2.75) is 10.8 Å². The molecule has 21 heavy (non-hydrogen) atoms. The Morgan fingerprint density at radius 1 is 1.48 bits per heavy atom. The zero-order valence-electron chi connectivity index (χ0n) is 11.3. The van der Waals surface area contributed by atoms with E-state index in [1.54, 1.807) is 37.6 Å². The van der Waals surface area contributed by atoms with Crippen molar-refractivity contribution in [1.29, 1.82) is 0 Å². The van der Waals surface area contributed by atoms with Gasteiger partial charge in [0.1, 0.15) is 10.8 Å². The summed E-state index contributed by atoms with van der Waals surface area (Å²) in [6.07, 6.45) is 1.69. The van der Waals surface area contributed by atoms with Gasteiger partial charge in [-0.05, 0) is 30.3 Å². The van der Waals surface area contributed by atoms with E-state index in [1.807, 2.05) is 6.07 Å². The van der Waals surface area contributed by atoms with Crippen LogP contribution in [0.25, 0.3) is 0 Å². The van der Waals surface area contributed by atoms with Gasteiger partial charge < -0.3 is 15.7 Å². The summed E-state index contributed by atoms with van der Waals surface area (Å²) in [5.74, 6) is 1.38. The number of hydrogen-bond donors (Lipinski definition) is 2. The minimum atomic E-state index is 0.0553. The van der Waals surface area contributed by atoms with Gasteiger partial charge in [0.25, 0.3) is 0 Å². The Labute approximate surface area is 131 Å². The number of amidine groups is 1. The molecule has 3 N–H and O–H groups in total. The third-order valence-corrected chi connectivity index (χ3v) is 4.24. The van der Waals surface area contributed by atoms with Gasteiger partial charge in [0.15, 0.2) is 5.84 Å². The van der Waals surface area contributed by atoms with Crippen LogP contribution in [0.3, 0.4) is 0 Å². The number of nitrogens with two attached hydrogens (primary N) is 1. The highest BCUT2D eigenvalue weighted by molar-refractivity contribution is 7.98. The second-order valence-electron chi connectivity index (χ2n) is 4.09. The lowest BCUT2D eigenvalue weighted by Crippen LogP contribution is -2.13. The molecule has 5 nitrogen and oxygen atoms in total. The summed E-state index contributed by atoms with van der Waals surface area (Å²) in [5.41, 5.74) is 7.14. The summed E-state index contributed by atoms with van der Waals surface area (Å²) in [6, 6.07) is 8.91. The van der Waals surface area contributed by atoms with E-state index in [2.05, 4.69) is 10.1 Å². The third-order valence-electron chi connectivity index (χ3n) is 2.77. The van der Waals surface area contributed by atoms with E-state index in [0.717, 1.165) is 16.3 Å².